The van der Waals surface area contributed by atoms with E-state index in [1.807, 2.05) is 18.4 Å². The predicted octanol–water partition coefficient (Wildman–Crippen LogP) is 4.68. The fraction of sp³-hybridized carbons (Fsp3) is 0.421. The number of benzene rings is 1. The molecule has 1 heterocycles. The van der Waals surface area contributed by atoms with Crippen LogP contribution in [0.4, 0.5) is 13.2 Å². The highest BCUT2D eigenvalue weighted by molar-refractivity contribution is 7.10. The van der Waals surface area contributed by atoms with Gasteiger partial charge in [-0.2, -0.15) is 13.2 Å². The number of halogens is 3. The molecule has 6 heteroatoms. The lowest BCUT2D eigenvalue weighted by atomic mass is 9.90. The first kappa shape index (κ1) is 16.6. The van der Waals surface area contributed by atoms with Crippen molar-refractivity contribution in [3.8, 4) is 0 Å². The van der Waals surface area contributed by atoms with Crippen LogP contribution in [0.5, 0.6) is 0 Å². The molecule has 1 fully saturated rings. The molecule has 0 radical (unpaired) electrons. The highest BCUT2D eigenvalue weighted by Crippen LogP contribution is 2.53. The van der Waals surface area contributed by atoms with Crippen molar-refractivity contribution in [2.24, 2.45) is 5.92 Å². The van der Waals surface area contributed by atoms with Crippen molar-refractivity contribution in [1.82, 2.24) is 5.32 Å². The van der Waals surface area contributed by atoms with Gasteiger partial charge in [-0.25, -0.2) is 0 Å². The van der Waals surface area contributed by atoms with Crippen LogP contribution in [0, 0.1) is 12.8 Å². The number of rotatable bonds is 3. The summed E-state index contributed by atoms with van der Waals surface area (Å²) in [5.74, 6) is -0.780. The first-order valence-electron chi connectivity index (χ1n) is 8.34. The quantitative estimate of drug-likeness (QED) is 0.841. The SMILES string of the molecule is Cc1ccsc1[C@@H]1C[C@H]1C(=O)N[C@@]1(C(F)(F)F)CCc2ccccc21. The number of alkyl halides is 3. The van der Waals surface area contributed by atoms with Crippen molar-refractivity contribution in [1.29, 1.82) is 0 Å². The number of aryl methyl sites for hydroxylation is 2. The van der Waals surface area contributed by atoms with Crippen LogP contribution in [0.3, 0.4) is 0 Å². The summed E-state index contributed by atoms with van der Waals surface area (Å²) in [6.45, 7) is 1.98. The lowest BCUT2D eigenvalue weighted by Crippen LogP contribution is -2.55. The second-order valence-electron chi connectivity index (χ2n) is 6.97. The third-order valence-corrected chi connectivity index (χ3v) is 6.58. The van der Waals surface area contributed by atoms with Gasteiger partial charge in [0.05, 0.1) is 0 Å². The third-order valence-electron chi connectivity index (χ3n) is 5.43. The Kier molecular flexibility index (Phi) is 3.72. The monoisotopic (exact) mass is 365 g/mol. The second-order valence-corrected chi connectivity index (χ2v) is 7.91. The van der Waals surface area contributed by atoms with Gasteiger partial charge in [0.1, 0.15) is 0 Å². The summed E-state index contributed by atoms with van der Waals surface area (Å²) in [7, 11) is 0. The standard InChI is InChI=1S/C19H18F3NOS/c1-11-7-9-25-16(11)13-10-14(13)17(24)23-18(19(20,21)22)8-6-12-4-2-3-5-15(12)18/h2-5,7,9,13-14H,6,8,10H2,1H3,(H,23,24)/t13-,14-,18+/m1/s1. The molecule has 2 aromatic rings. The van der Waals surface area contributed by atoms with E-state index >= 15 is 0 Å². The number of fused-ring (bicyclic) bond motifs is 1. The van der Waals surface area contributed by atoms with E-state index in [1.165, 1.54) is 6.07 Å². The van der Waals surface area contributed by atoms with E-state index in [9.17, 15) is 18.0 Å². The summed E-state index contributed by atoms with van der Waals surface area (Å²) >= 11 is 1.58. The highest BCUT2D eigenvalue weighted by Gasteiger charge is 2.61. The van der Waals surface area contributed by atoms with Gasteiger partial charge in [0, 0.05) is 16.7 Å². The van der Waals surface area contributed by atoms with Crippen LogP contribution >= 0.6 is 11.3 Å². The summed E-state index contributed by atoms with van der Waals surface area (Å²) in [6, 6.07) is 8.53. The topological polar surface area (TPSA) is 29.1 Å². The number of carbonyl (C=O) groups is 1. The fourth-order valence-corrected chi connectivity index (χ4v) is 5.06. The first-order chi connectivity index (χ1) is 11.8. The van der Waals surface area contributed by atoms with Crippen LogP contribution in [-0.2, 0) is 16.8 Å². The number of carbonyl (C=O) groups excluding carboxylic acids is 1. The van der Waals surface area contributed by atoms with E-state index in [4.69, 9.17) is 0 Å². The molecule has 0 unspecified atom stereocenters. The van der Waals surface area contributed by atoms with Gasteiger partial charge in [0.2, 0.25) is 5.91 Å². The Hall–Kier alpha value is -1.82. The highest BCUT2D eigenvalue weighted by atomic mass is 32.1. The molecule has 0 aliphatic heterocycles. The van der Waals surface area contributed by atoms with E-state index in [-0.39, 0.29) is 23.8 Å². The number of hydrogen-bond donors (Lipinski definition) is 1. The van der Waals surface area contributed by atoms with Crippen LogP contribution in [-0.4, -0.2) is 12.1 Å². The molecule has 0 spiro atoms. The van der Waals surface area contributed by atoms with Gasteiger partial charge in [-0.05, 0) is 54.3 Å². The second kappa shape index (κ2) is 5.59. The molecule has 1 N–H and O–H groups in total. The largest absolute Gasteiger partial charge is 0.415 e. The molecule has 4 rings (SSSR count). The minimum Gasteiger partial charge on any atom is -0.338 e. The van der Waals surface area contributed by atoms with E-state index < -0.39 is 17.6 Å². The van der Waals surface area contributed by atoms with Gasteiger partial charge in [0.15, 0.2) is 5.54 Å². The summed E-state index contributed by atoms with van der Waals surface area (Å²) in [4.78, 5) is 13.8. The number of nitrogens with one attached hydrogen (secondary N) is 1. The number of hydrogen-bond acceptors (Lipinski definition) is 2. The maximum Gasteiger partial charge on any atom is 0.415 e. The van der Waals surface area contributed by atoms with Gasteiger partial charge in [-0.15, -0.1) is 11.3 Å². The fourth-order valence-electron chi connectivity index (χ4n) is 3.95. The Morgan fingerprint density at radius 2 is 2.04 bits per heavy atom. The lowest BCUT2D eigenvalue weighted by Gasteiger charge is -2.34. The summed E-state index contributed by atoms with van der Waals surface area (Å²) in [5, 5.41) is 4.36. The Morgan fingerprint density at radius 1 is 1.28 bits per heavy atom. The third kappa shape index (κ3) is 2.58. The van der Waals surface area contributed by atoms with Crippen molar-refractivity contribution in [3.05, 3.63) is 57.3 Å². The summed E-state index contributed by atoms with van der Waals surface area (Å²) < 4.78 is 41.9. The van der Waals surface area contributed by atoms with E-state index in [0.717, 1.165) is 10.4 Å². The Balaban J connectivity index is 1.60. The van der Waals surface area contributed by atoms with Gasteiger partial charge in [-0.3, -0.25) is 4.79 Å². The molecule has 3 atom stereocenters. The molecule has 1 aromatic carbocycles. The Bertz CT molecular complexity index is 828. The van der Waals surface area contributed by atoms with Crippen molar-refractivity contribution in [2.45, 2.75) is 43.8 Å². The summed E-state index contributed by atoms with van der Waals surface area (Å²) in [6.07, 6.45) is -3.69. The van der Waals surface area contributed by atoms with Gasteiger partial charge < -0.3 is 5.32 Å². The molecule has 1 saturated carbocycles. The first-order valence-corrected chi connectivity index (χ1v) is 9.22. The molecule has 132 valence electrons. The number of amides is 1. The molecule has 2 aliphatic carbocycles. The molecule has 25 heavy (non-hydrogen) atoms. The smallest absolute Gasteiger partial charge is 0.338 e. The van der Waals surface area contributed by atoms with Crippen LogP contribution in [0.25, 0.3) is 0 Å². The minimum absolute atomic E-state index is 0.0573. The Morgan fingerprint density at radius 3 is 2.72 bits per heavy atom. The van der Waals surface area contributed by atoms with Crippen molar-refractivity contribution in [2.75, 3.05) is 0 Å². The zero-order valence-corrected chi connectivity index (χ0v) is 14.5. The Labute approximate surface area is 148 Å². The molecule has 1 aromatic heterocycles. The van der Waals surface area contributed by atoms with Crippen LogP contribution in [0.2, 0.25) is 0 Å². The number of thiophene rings is 1. The van der Waals surface area contributed by atoms with Crippen LogP contribution in [0.1, 0.15) is 40.3 Å². The predicted molar refractivity (Wildman–Crippen MR) is 90.5 cm³/mol. The maximum atomic E-state index is 14.0. The zero-order chi connectivity index (χ0) is 17.8. The molecule has 2 aliphatic rings. The van der Waals surface area contributed by atoms with Gasteiger partial charge in [0.25, 0.3) is 0 Å². The van der Waals surface area contributed by atoms with Gasteiger partial charge >= 0.3 is 6.18 Å². The molecular formula is C19H18F3NOS. The molecule has 0 saturated heterocycles. The van der Waals surface area contributed by atoms with Crippen molar-refractivity contribution < 1.29 is 18.0 Å². The average molecular weight is 365 g/mol. The summed E-state index contributed by atoms with van der Waals surface area (Å²) in [5.41, 5.74) is -0.276. The van der Waals surface area contributed by atoms with E-state index in [1.54, 1.807) is 29.5 Å². The molecule has 0 bridgehead atoms. The van der Waals surface area contributed by atoms with E-state index in [0.29, 0.717) is 18.4 Å². The van der Waals surface area contributed by atoms with E-state index in [2.05, 4.69) is 5.32 Å². The van der Waals surface area contributed by atoms with Crippen molar-refractivity contribution >= 4 is 17.2 Å². The van der Waals surface area contributed by atoms with Gasteiger partial charge in [-0.1, -0.05) is 24.3 Å². The lowest BCUT2D eigenvalue weighted by molar-refractivity contribution is -0.202. The minimum atomic E-state index is -4.52. The maximum absolute atomic E-state index is 14.0. The van der Waals surface area contributed by atoms with Crippen molar-refractivity contribution in [3.63, 3.8) is 0 Å². The molecule has 2 nitrogen and oxygen atoms in total. The molecular weight excluding hydrogens is 347 g/mol. The van der Waals surface area contributed by atoms with Crippen LogP contribution in [0.15, 0.2) is 35.7 Å². The zero-order valence-electron chi connectivity index (χ0n) is 13.7. The normalized spacial score (nSPS) is 27.8. The van der Waals surface area contributed by atoms with Crippen LogP contribution < -0.4 is 5.32 Å². The molecule has 1 amide bonds. The average Bonchev–Trinajstić information content (AvgIpc) is 3.10.